The number of fused-ring (bicyclic) bond motifs is 1. The van der Waals surface area contributed by atoms with Crippen molar-refractivity contribution in [1.82, 2.24) is 10.2 Å². The molecular formula is C30H29N3O4. The Morgan fingerprint density at radius 3 is 2.19 bits per heavy atom. The molecule has 37 heavy (non-hydrogen) atoms. The number of carbonyl (C=O) groups excluding carboxylic acids is 3. The average Bonchev–Trinajstić information content (AvgIpc) is 2.85. The van der Waals surface area contributed by atoms with Crippen molar-refractivity contribution in [2.24, 2.45) is 0 Å². The summed E-state index contributed by atoms with van der Waals surface area (Å²) in [7, 11) is 0. The number of benzene rings is 3. The highest BCUT2D eigenvalue weighted by Gasteiger charge is 2.34. The Morgan fingerprint density at radius 1 is 0.946 bits per heavy atom. The maximum Gasteiger partial charge on any atom is 0.408 e. The van der Waals surface area contributed by atoms with Crippen LogP contribution in [0.5, 0.6) is 0 Å². The lowest BCUT2D eigenvalue weighted by Gasteiger charge is -2.29. The fourth-order valence-electron chi connectivity index (χ4n) is 3.68. The van der Waals surface area contributed by atoms with Crippen molar-refractivity contribution in [2.75, 3.05) is 5.32 Å². The van der Waals surface area contributed by atoms with Gasteiger partial charge >= 0.3 is 6.09 Å². The molecule has 2 unspecified atom stereocenters. The number of hydrogen-bond donors (Lipinski definition) is 2. The summed E-state index contributed by atoms with van der Waals surface area (Å²) in [5.41, 5.74) is 0.849. The van der Waals surface area contributed by atoms with E-state index in [1.54, 1.807) is 51.1 Å². The third kappa shape index (κ3) is 6.90. The fourth-order valence-corrected chi connectivity index (χ4v) is 3.68. The minimum atomic E-state index is -1.20. The van der Waals surface area contributed by atoms with Crippen LogP contribution in [-0.2, 0) is 14.3 Å². The van der Waals surface area contributed by atoms with Crippen LogP contribution in [0.3, 0.4) is 0 Å². The van der Waals surface area contributed by atoms with Crippen LogP contribution >= 0.6 is 0 Å². The Hall–Kier alpha value is -4.75. The van der Waals surface area contributed by atoms with Crippen molar-refractivity contribution in [3.63, 3.8) is 0 Å². The van der Waals surface area contributed by atoms with Crippen LogP contribution in [0.1, 0.15) is 44.9 Å². The summed E-state index contributed by atoms with van der Waals surface area (Å²) in [6.45, 7) is 6.59. The molecule has 0 bridgehead atoms. The van der Waals surface area contributed by atoms with Gasteiger partial charge in [0.15, 0.2) is 0 Å². The largest absolute Gasteiger partial charge is 0.444 e. The normalized spacial score (nSPS) is 12.4. The summed E-state index contributed by atoms with van der Waals surface area (Å²) in [6, 6.07) is 19.9. The second kappa shape index (κ2) is 11.3. The molecular weight excluding hydrogens is 466 g/mol. The van der Waals surface area contributed by atoms with E-state index in [-0.39, 0.29) is 0 Å². The van der Waals surface area contributed by atoms with E-state index in [2.05, 4.69) is 22.6 Å². The van der Waals surface area contributed by atoms with Gasteiger partial charge in [-0.25, -0.2) is 4.79 Å². The first-order valence-corrected chi connectivity index (χ1v) is 11.7. The molecule has 3 rings (SSSR count). The lowest BCUT2D eigenvalue weighted by atomic mass is 10.0. The number of alkyl carbamates (subject to hydrolysis) is 1. The predicted octanol–water partition coefficient (Wildman–Crippen LogP) is 4.83. The molecule has 0 heterocycles. The zero-order valence-corrected chi connectivity index (χ0v) is 21.2. The third-order valence-electron chi connectivity index (χ3n) is 5.40. The Labute approximate surface area is 217 Å². The molecule has 7 nitrogen and oxygen atoms in total. The maximum absolute atomic E-state index is 13.6. The highest BCUT2D eigenvalue weighted by Crippen LogP contribution is 2.26. The number of nitrogens with zero attached hydrogens (tertiary/aromatic N) is 1. The molecule has 0 saturated heterocycles. The summed E-state index contributed by atoms with van der Waals surface area (Å²) >= 11 is 0. The molecule has 0 spiro atoms. The van der Waals surface area contributed by atoms with Crippen LogP contribution in [0, 0.1) is 24.8 Å². The average molecular weight is 496 g/mol. The molecule has 0 aromatic heterocycles. The molecule has 188 valence electrons. The van der Waals surface area contributed by atoms with E-state index >= 15 is 0 Å². The summed E-state index contributed by atoms with van der Waals surface area (Å²) in [4.78, 5) is 40.1. The topological polar surface area (TPSA) is 87.7 Å². The van der Waals surface area contributed by atoms with Crippen molar-refractivity contribution >= 4 is 34.4 Å². The Morgan fingerprint density at radius 2 is 1.59 bits per heavy atom. The van der Waals surface area contributed by atoms with E-state index in [0.717, 1.165) is 15.7 Å². The first-order valence-electron chi connectivity index (χ1n) is 11.7. The monoisotopic (exact) mass is 495 g/mol. The zero-order valence-electron chi connectivity index (χ0n) is 21.2. The molecule has 3 amide bonds. The molecule has 2 atom stereocenters. The van der Waals surface area contributed by atoms with E-state index in [0.29, 0.717) is 16.8 Å². The molecule has 0 aliphatic rings. The first kappa shape index (κ1) is 26.8. The van der Waals surface area contributed by atoms with Gasteiger partial charge in [-0.05, 0) is 68.3 Å². The van der Waals surface area contributed by atoms with Crippen LogP contribution in [0.2, 0.25) is 0 Å². The minimum Gasteiger partial charge on any atom is -0.444 e. The van der Waals surface area contributed by atoms with E-state index < -0.39 is 35.6 Å². The highest BCUT2D eigenvalue weighted by atomic mass is 16.6. The second-order valence-corrected chi connectivity index (χ2v) is 9.43. The van der Waals surface area contributed by atoms with Crippen molar-refractivity contribution in [2.45, 2.75) is 45.4 Å². The predicted molar refractivity (Wildman–Crippen MR) is 144 cm³/mol. The summed E-state index contributed by atoms with van der Waals surface area (Å²) in [6.07, 6.45) is 10.4. The lowest BCUT2D eigenvalue weighted by molar-refractivity contribution is -0.136. The number of amides is 3. The molecule has 2 N–H and O–H groups in total. The summed E-state index contributed by atoms with van der Waals surface area (Å²) in [5.74, 6) is 1.33. The minimum absolute atomic E-state index is 0.452. The number of rotatable bonds is 6. The van der Waals surface area contributed by atoms with Gasteiger partial charge in [0.05, 0.1) is 0 Å². The van der Waals surface area contributed by atoms with Crippen molar-refractivity contribution in [3.8, 4) is 24.8 Å². The first-order chi connectivity index (χ1) is 17.5. The summed E-state index contributed by atoms with van der Waals surface area (Å²) in [5, 5.41) is 7.30. The second-order valence-electron chi connectivity index (χ2n) is 9.43. The fraction of sp³-hybridized carbons (Fsp3) is 0.233. The van der Waals surface area contributed by atoms with E-state index in [1.165, 1.54) is 6.92 Å². The number of carbonyl (C=O) groups is 3. The highest BCUT2D eigenvalue weighted by molar-refractivity contribution is 6.00. The number of terminal acetylenes is 2. The number of ether oxygens (including phenoxy) is 1. The van der Waals surface area contributed by atoms with Crippen molar-refractivity contribution in [1.29, 1.82) is 0 Å². The lowest BCUT2D eigenvalue weighted by Crippen LogP contribution is -2.49. The van der Waals surface area contributed by atoms with Crippen LogP contribution in [0.25, 0.3) is 10.8 Å². The molecule has 0 aliphatic carbocycles. The van der Waals surface area contributed by atoms with E-state index in [4.69, 9.17) is 17.6 Å². The maximum atomic E-state index is 13.6. The van der Waals surface area contributed by atoms with Gasteiger partial charge in [-0.15, -0.1) is 6.42 Å². The quantitative estimate of drug-likeness (QED) is 0.379. The van der Waals surface area contributed by atoms with E-state index in [9.17, 15) is 14.4 Å². The van der Waals surface area contributed by atoms with Gasteiger partial charge in [-0.3, -0.25) is 14.5 Å². The Balaban J connectivity index is 1.92. The van der Waals surface area contributed by atoms with Gasteiger partial charge in [0, 0.05) is 17.3 Å². The van der Waals surface area contributed by atoms with Crippen LogP contribution < -0.4 is 10.6 Å². The standard InChI is InChI=1S/C30H29N3O4/c1-7-21-13-15-23(16-14-21)26(27(34)32-25-18-17-22-11-9-10-12-24(22)19-25)33(8-2)28(35)20(3)31-29(36)37-30(4,5)6/h1-2,9-20,26H,3-6H3,(H,31,36)(H,32,34). The third-order valence-corrected chi connectivity index (χ3v) is 5.40. The van der Waals surface area contributed by atoms with Crippen molar-refractivity contribution < 1.29 is 19.1 Å². The van der Waals surface area contributed by atoms with Gasteiger partial charge in [-0.2, -0.15) is 0 Å². The molecule has 0 radical (unpaired) electrons. The molecule has 7 heteroatoms. The molecule has 3 aromatic carbocycles. The van der Waals surface area contributed by atoms with E-state index in [1.807, 2.05) is 36.4 Å². The zero-order chi connectivity index (χ0) is 27.2. The van der Waals surface area contributed by atoms with Crippen LogP contribution in [0.4, 0.5) is 10.5 Å². The van der Waals surface area contributed by atoms with Gasteiger partial charge in [0.2, 0.25) is 0 Å². The molecule has 0 aliphatic heterocycles. The smallest absolute Gasteiger partial charge is 0.408 e. The molecule has 0 fully saturated rings. The molecule has 0 saturated carbocycles. The number of nitrogens with one attached hydrogen (secondary N) is 2. The van der Waals surface area contributed by atoms with Crippen molar-refractivity contribution in [3.05, 3.63) is 77.9 Å². The summed E-state index contributed by atoms with van der Waals surface area (Å²) < 4.78 is 5.23. The van der Waals surface area contributed by atoms with Gasteiger partial charge in [-0.1, -0.05) is 54.8 Å². The SMILES string of the molecule is C#Cc1ccc(C(C(=O)Nc2ccc3ccccc3c2)N(C#C)C(=O)C(C)NC(=O)OC(C)(C)C)cc1. The van der Waals surface area contributed by atoms with Gasteiger partial charge in [0.1, 0.15) is 17.7 Å². The Bertz CT molecular complexity index is 1390. The van der Waals surface area contributed by atoms with Crippen LogP contribution in [-0.4, -0.2) is 34.5 Å². The number of anilines is 1. The number of hydrogen-bond acceptors (Lipinski definition) is 4. The van der Waals surface area contributed by atoms with Gasteiger partial charge < -0.3 is 15.4 Å². The van der Waals surface area contributed by atoms with Gasteiger partial charge in [0.25, 0.3) is 11.8 Å². The van der Waals surface area contributed by atoms with Crippen LogP contribution in [0.15, 0.2) is 66.7 Å². The Kier molecular flexibility index (Phi) is 8.22. The molecule has 3 aromatic rings.